The van der Waals surface area contributed by atoms with E-state index in [1.165, 1.54) is 0 Å². The lowest BCUT2D eigenvalue weighted by Crippen LogP contribution is -1.99. The van der Waals surface area contributed by atoms with E-state index >= 15 is 0 Å². The van der Waals surface area contributed by atoms with Crippen LogP contribution in [0.1, 0.15) is 5.69 Å². The van der Waals surface area contributed by atoms with E-state index in [2.05, 4.69) is 53.5 Å². The van der Waals surface area contributed by atoms with Crippen LogP contribution >= 0.6 is 50.1 Å². The molecule has 0 bridgehead atoms. The van der Waals surface area contributed by atoms with Gasteiger partial charge in [0, 0.05) is 9.86 Å². The van der Waals surface area contributed by atoms with Gasteiger partial charge in [0.05, 0.1) is 14.8 Å². The molecule has 0 fully saturated rings. The summed E-state index contributed by atoms with van der Waals surface area (Å²) in [6.45, 7) is 1.91. The zero-order chi connectivity index (χ0) is 14.3. The summed E-state index contributed by atoms with van der Waals surface area (Å²) in [7, 11) is 0. The number of pyridine rings is 1. The van der Waals surface area contributed by atoms with Crippen molar-refractivity contribution in [3.05, 3.63) is 49.2 Å². The minimum Gasteiger partial charge on any atom is -0.243 e. The zero-order valence-corrected chi connectivity index (χ0v) is 14.9. The summed E-state index contributed by atoms with van der Waals surface area (Å²) in [4.78, 5) is 13.4. The second-order valence-corrected chi connectivity index (χ2v) is 6.54. The molecule has 0 aliphatic heterocycles. The average molecular weight is 461 g/mol. The molecule has 6 heteroatoms. The lowest BCUT2D eigenvalue weighted by molar-refractivity contribution is 1.07. The highest BCUT2D eigenvalue weighted by atomic mass is 127. The number of nitrogens with zero attached hydrogens (tertiary/aromatic N) is 3. The largest absolute Gasteiger partial charge is 0.243 e. The first kappa shape index (κ1) is 14.2. The zero-order valence-electron chi connectivity index (χ0n) is 10.4. The highest BCUT2D eigenvalue weighted by Crippen LogP contribution is 2.29. The van der Waals surface area contributed by atoms with E-state index in [9.17, 15) is 0 Å². The minimum atomic E-state index is 0.454. The van der Waals surface area contributed by atoms with Crippen molar-refractivity contribution in [1.29, 1.82) is 0 Å². The van der Waals surface area contributed by atoms with E-state index in [1.54, 1.807) is 0 Å². The van der Waals surface area contributed by atoms with Crippen molar-refractivity contribution in [2.24, 2.45) is 0 Å². The Morgan fingerprint density at radius 1 is 1.15 bits per heavy atom. The van der Waals surface area contributed by atoms with Crippen molar-refractivity contribution in [2.75, 3.05) is 0 Å². The Morgan fingerprint density at radius 3 is 2.65 bits per heavy atom. The fourth-order valence-corrected chi connectivity index (χ4v) is 2.85. The summed E-state index contributed by atoms with van der Waals surface area (Å²) >= 11 is 11.8. The Kier molecular flexibility index (Phi) is 3.92. The third kappa shape index (κ3) is 2.54. The van der Waals surface area contributed by atoms with Gasteiger partial charge in [-0.3, -0.25) is 0 Å². The number of hydrogen-bond donors (Lipinski definition) is 0. The van der Waals surface area contributed by atoms with Gasteiger partial charge in [-0.05, 0) is 57.6 Å². The molecule has 0 aliphatic rings. The van der Waals surface area contributed by atoms with Gasteiger partial charge in [-0.2, -0.15) is 0 Å². The van der Waals surface area contributed by atoms with Crippen LogP contribution in [0.25, 0.3) is 22.4 Å². The van der Waals surface area contributed by atoms with Crippen LogP contribution in [0.4, 0.5) is 0 Å². The van der Waals surface area contributed by atoms with E-state index in [-0.39, 0.29) is 0 Å². The molecule has 0 N–H and O–H groups in total. The lowest BCUT2D eigenvalue weighted by Gasteiger charge is -2.07. The summed E-state index contributed by atoms with van der Waals surface area (Å²) in [5, 5.41) is 1.52. The molecule has 0 saturated heterocycles. The second-order valence-electron chi connectivity index (χ2n) is 4.25. The molecular formula is C14H8BrClIN3. The topological polar surface area (TPSA) is 38.7 Å². The molecule has 20 heavy (non-hydrogen) atoms. The molecule has 2 aromatic heterocycles. The van der Waals surface area contributed by atoms with E-state index in [0.717, 1.165) is 24.6 Å². The first-order valence-electron chi connectivity index (χ1n) is 5.81. The first-order chi connectivity index (χ1) is 9.56. The van der Waals surface area contributed by atoms with Crippen LogP contribution in [0.2, 0.25) is 5.15 Å². The number of rotatable bonds is 1. The number of aromatic nitrogens is 3. The highest BCUT2D eigenvalue weighted by molar-refractivity contribution is 14.1. The van der Waals surface area contributed by atoms with Gasteiger partial charge in [-0.25, -0.2) is 15.0 Å². The van der Waals surface area contributed by atoms with E-state index in [0.29, 0.717) is 16.7 Å². The maximum absolute atomic E-state index is 6.14. The third-order valence-corrected chi connectivity index (χ3v) is 5.35. The molecule has 0 unspecified atom stereocenters. The molecule has 100 valence electrons. The Bertz CT molecular complexity index is 800. The molecular weight excluding hydrogens is 452 g/mol. The second kappa shape index (κ2) is 5.54. The number of aryl methyl sites for hydroxylation is 1. The average Bonchev–Trinajstić information content (AvgIpc) is 2.43. The highest BCUT2D eigenvalue weighted by Gasteiger charge is 2.14. The summed E-state index contributed by atoms with van der Waals surface area (Å²) in [5.74, 6) is 0.533. The smallest absolute Gasteiger partial charge is 0.181 e. The number of halogens is 3. The molecule has 0 spiro atoms. The van der Waals surface area contributed by atoms with Crippen LogP contribution in [-0.4, -0.2) is 15.0 Å². The molecule has 0 amide bonds. The quantitative estimate of drug-likeness (QED) is 0.378. The van der Waals surface area contributed by atoms with Crippen molar-refractivity contribution in [3.8, 4) is 11.5 Å². The van der Waals surface area contributed by atoms with E-state index < -0.39 is 0 Å². The fourth-order valence-electron chi connectivity index (χ4n) is 1.88. The summed E-state index contributed by atoms with van der Waals surface area (Å²) in [6, 6.07) is 9.94. The van der Waals surface area contributed by atoms with E-state index in [1.807, 2.05) is 37.3 Å². The van der Waals surface area contributed by atoms with Crippen LogP contribution < -0.4 is 0 Å². The van der Waals surface area contributed by atoms with Gasteiger partial charge in [0.15, 0.2) is 5.82 Å². The third-order valence-electron chi connectivity index (χ3n) is 2.87. The van der Waals surface area contributed by atoms with Gasteiger partial charge in [0.2, 0.25) is 0 Å². The first-order valence-corrected chi connectivity index (χ1v) is 8.06. The number of para-hydroxylation sites is 1. The molecule has 3 rings (SSSR count). The van der Waals surface area contributed by atoms with Gasteiger partial charge >= 0.3 is 0 Å². The Balaban J connectivity index is 2.26. The Morgan fingerprint density at radius 2 is 1.90 bits per heavy atom. The SMILES string of the molecule is Cc1nc(-c2nc3ccccc3cc2Br)nc(Cl)c1I. The summed E-state index contributed by atoms with van der Waals surface area (Å²) in [5.41, 5.74) is 2.45. The van der Waals surface area contributed by atoms with Crippen molar-refractivity contribution >= 4 is 61.0 Å². The molecule has 0 radical (unpaired) electrons. The van der Waals surface area contributed by atoms with Gasteiger partial charge in [-0.15, -0.1) is 0 Å². The van der Waals surface area contributed by atoms with E-state index in [4.69, 9.17) is 11.6 Å². The molecule has 2 heterocycles. The van der Waals surface area contributed by atoms with Crippen LogP contribution in [0.5, 0.6) is 0 Å². The maximum atomic E-state index is 6.14. The standard InChI is InChI=1S/C14H8BrClIN3/c1-7-11(17)13(16)20-14(18-7)12-9(15)6-8-4-2-3-5-10(8)19-12/h2-6H,1H3. The van der Waals surface area contributed by atoms with Gasteiger partial charge in [0.25, 0.3) is 0 Å². The molecule has 3 aromatic rings. The molecule has 0 aliphatic carbocycles. The molecule has 0 atom stereocenters. The monoisotopic (exact) mass is 459 g/mol. The maximum Gasteiger partial charge on any atom is 0.181 e. The summed E-state index contributed by atoms with van der Waals surface area (Å²) in [6.07, 6.45) is 0. The van der Waals surface area contributed by atoms with Gasteiger partial charge < -0.3 is 0 Å². The fraction of sp³-hybridized carbons (Fsp3) is 0.0714. The molecule has 3 nitrogen and oxygen atoms in total. The Hall–Kier alpha value is -0.790. The van der Waals surface area contributed by atoms with Gasteiger partial charge in [0.1, 0.15) is 10.8 Å². The van der Waals surface area contributed by atoms with Gasteiger partial charge in [-0.1, -0.05) is 29.8 Å². The van der Waals surface area contributed by atoms with Crippen LogP contribution in [-0.2, 0) is 0 Å². The van der Waals surface area contributed by atoms with Crippen molar-refractivity contribution in [1.82, 2.24) is 15.0 Å². The van der Waals surface area contributed by atoms with Crippen molar-refractivity contribution < 1.29 is 0 Å². The van der Waals surface area contributed by atoms with Crippen LogP contribution in [0.15, 0.2) is 34.8 Å². The Labute approximate surface area is 143 Å². The number of benzene rings is 1. The molecule has 0 saturated carbocycles. The lowest BCUT2D eigenvalue weighted by atomic mass is 10.2. The minimum absolute atomic E-state index is 0.454. The van der Waals surface area contributed by atoms with Crippen LogP contribution in [0, 0.1) is 10.5 Å². The normalized spacial score (nSPS) is 11.0. The van der Waals surface area contributed by atoms with Crippen molar-refractivity contribution in [3.63, 3.8) is 0 Å². The molecule has 1 aromatic carbocycles. The summed E-state index contributed by atoms with van der Waals surface area (Å²) < 4.78 is 1.72. The van der Waals surface area contributed by atoms with Crippen molar-refractivity contribution in [2.45, 2.75) is 6.92 Å². The predicted molar refractivity (Wildman–Crippen MR) is 92.9 cm³/mol. The predicted octanol–water partition coefficient (Wildman–Crippen LogP) is 5.02. The number of fused-ring (bicyclic) bond motifs is 1. The van der Waals surface area contributed by atoms with Crippen LogP contribution in [0.3, 0.4) is 0 Å². The number of hydrogen-bond acceptors (Lipinski definition) is 3.